The molecule has 40 heavy (non-hydrogen) atoms. The lowest BCUT2D eigenvalue weighted by atomic mass is 9.71. The summed E-state index contributed by atoms with van der Waals surface area (Å²) in [5.41, 5.74) is 4.54. The largest absolute Gasteiger partial charge is 0.508 e. The first kappa shape index (κ1) is 27.8. The Balaban J connectivity index is 0.000000194. The summed E-state index contributed by atoms with van der Waals surface area (Å²) in [5, 5.41) is 47.3. The molecule has 0 atom stereocenters. The molecule has 0 bridgehead atoms. The van der Waals surface area contributed by atoms with Gasteiger partial charge in [0.25, 0.3) is 0 Å². The molecule has 0 unspecified atom stereocenters. The van der Waals surface area contributed by atoms with Crippen LogP contribution in [0.25, 0.3) is 0 Å². The number of carbonyl (C=O) groups excluding carboxylic acids is 1. The van der Waals surface area contributed by atoms with E-state index in [1.54, 1.807) is 54.6 Å². The van der Waals surface area contributed by atoms with E-state index >= 15 is 0 Å². The van der Waals surface area contributed by atoms with Gasteiger partial charge in [-0.05, 0) is 66.9 Å². The highest BCUT2D eigenvalue weighted by atomic mass is 16.3. The number of carbonyl (C=O) groups is 1. The highest BCUT2D eigenvalue weighted by molar-refractivity contribution is 6.11. The molecule has 5 rings (SSSR count). The lowest BCUT2D eigenvalue weighted by Gasteiger charge is -2.32. The number of phenolic OH excluding ortho intramolecular Hbond substituents is 5. The van der Waals surface area contributed by atoms with Gasteiger partial charge in [0.1, 0.15) is 11.5 Å². The fraction of sp³-hybridized carbons (Fsp3) is 0.0882. The van der Waals surface area contributed by atoms with Crippen LogP contribution in [0.5, 0.6) is 28.7 Å². The van der Waals surface area contributed by atoms with Crippen LogP contribution in [0.15, 0.2) is 115 Å². The molecule has 0 saturated carbocycles. The molecule has 5 aromatic rings. The molecule has 0 heterocycles. The van der Waals surface area contributed by atoms with E-state index in [0.717, 1.165) is 17.2 Å². The molecule has 0 saturated heterocycles. The van der Waals surface area contributed by atoms with E-state index in [1.165, 1.54) is 17.2 Å². The van der Waals surface area contributed by atoms with Crippen LogP contribution in [0.3, 0.4) is 0 Å². The van der Waals surface area contributed by atoms with Crippen LogP contribution < -0.4 is 0 Å². The Kier molecular flexibility index (Phi) is 8.10. The van der Waals surface area contributed by atoms with Gasteiger partial charge in [0.05, 0.1) is 5.56 Å². The van der Waals surface area contributed by atoms with Crippen LogP contribution in [0.2, 0.25) is 0 Å². The second-order valence-corrected chi connectivity index (χ2v) is 9.61. The summed E-state index contributed by atoms with van der Waals surface area (Å²) < 4.78 is 0. The standard InChI is InChI=1S/C21H20O2.C13H10O4/c1-15-3-5-16(6-4-15)21(2,17-7-11-19(22)12-8-17)18-9-13-20(23)14-10-18;14-10-7-6-9(12(16)13(10)17)11(15)8-4-2-1-3-5-8/h3-14,22-23H,1-2H3;1-7,14,16-17H. The smallest absolute Gasteiger partial charge is 0.201 e. The minimum Gasteiger partial charge on any atom is -0.508 e. The van der Waals surface area contributed by atoms with Crippen molar-refractivity contribution in [2.75, 3.05) is 0 Å². The van der Waals surface area contributed by atoms with Crippen molar-refractivity contribution in [2.45, 2.75) is 19.3 Å². The van der Waals surface area contributed by atoms with Crippen LogP contribution in [0, 0.1) is 6.92 Å². The highest BCUT2D eigenvalue weighted by Gasteiger charge is 2.31. The third-order valence-electron chi connectivity index (χ3n) is 6.93. The van der Waals surface area contributed by atoms with Crippen molar-refractivity contribution in [2.24, 2.45) is 0 Å². The number of hydrogen-bond donors (Lipinski definition) is 5. The molecular weight excluding hydrogens is 504 g/mol. The van der Waals surface area contributed by atoms with Crippen molar-refractivity contribution in [3.63, 3.8) is 0 Å². The van der Waals surface area contributed by atoms with Gasteiger partial charge in [-0.2, -0.15) is 0 Å². The van der Waals surface area contributed by atoms with Gasteiger partial charge in [0.2, 0.25) is 5.75 Å². The third kappa shape index (κ3) is 5.76. The number of hydrogen-bond acceptors (Lipinski definition) is 6. The average Bonchev–Trinajstić information content (AvgIpc) is 2.97. The molecule has 6 heteroatoms. The average molecular weight is 535 g/mol. The fourth-order valence-electron chi connectivity index (χ4n) is 4.47. The number of phenols is 5. The predicted octanol–water partition coefficient (Wildman–Crippen LogP) is 6.79. The molecule has 5 N–H and O–H groups in total. The molecular formula is C34H30O6. The van der Waals surface area contributed by atoms with Gasteiger partial charge in [0.15, 0.2) is 17.3 Å². The van der Waals surface area contributed by atoms with E-state index in [-0.39, 0.29) is 22.5 Å². The topological polar surface area (TPSA) is 118 Å². The van der Waals surface area contributed by atoms with Crippen LogP contribution in [-0.4, -0.2) is 31.3 Å². The Bertz CT molecular complexity index is 1480. The maximum atomic E-state index is 12.0. The van der Waals surface area contributed by atoms with Crippen LogP contribution in [0.4, 0.5) is 0 Å². The van der Waals surface area contributed by atoms with E-state index in [1.807, 2.05) is 24.3 Å². The number of rotatable bonds is 5. The molecule has 0 amide bonds. The van der Waals surface area contributed by atoms with Crippen LogP contribution >= 0.6 is 0 Å². The van der Waals surface area contributed by atoms with Crippen molar-refractivity contribution in [3.05, 3.63) is 149 Å². The first-order valence-corrected chi connectivity index (χ1v) is 12.6. The molecule has 0 fully saturated rings. The van der Waals surface area contributed by atoms with E-state index in [0.29, 0.717) is 5.56 Å². The molecule has 202 valence electrons. The SMILES string of the molecule is Cc1ccc(C(C)(c2ccc(O)cc2)c2ccc(O)cc2)cc1.O=C(c1ccccc1)c1ccc(O)c(O)c1O. The third-order valence-corrected chi connectivity index (χ3v) is 6.93. The minimum absolute atomic E-state index is 0.0495. The lowest BCUT2D eigenvalue weighted by Crippen LogP contribution is -2.25. The summed E-state index contributed by atoms with van der Waals surface area (Å²) in [4.78, 5) is 12.0. The van der Waals surface area contributed by atoms with Crippen molar-refractivity contribution in [1.29, 1.82) is 0 Å². The maximum Gasteiger partial charge on any atom is 0.201 e. The van der Waals surface area contributed by atoms with Crippen molar-refractivity contribution < 1.29 is 30.3 Å². The van der Waals surface area contributed by atoms with E-state index in [2.05, 4.69) is 38.1 Å². The monoisotopic (exact) mass is 534 g/mol. The molecule has 0 radical (unpaired) electrons. The summed E-state index contributed by atoms with van der Waals surface area (Å²) >= 11 is 0. The number of aryl methyl sites for hydroxylation is 1. The van der Waals surface area contributed by atoms with Gasteiger partial charge in [-0.1, -0.05) is 84.4 Å². The zero-order valence-electron chi connectivity index (χ0n) is 22.1. The normalized spacial score (nSPS) is 10.8. The second-order valence-electron chi connectivity index (χ2n) is 9.61. The number of ketones is 1. The predicted molar refractivity (Wildman–Crippen MR) is 154 cm³/mol. The van der Waals surface area contributed by atoms with Crippen molar-refractivity contribution in [1.82, 2.24) is 0 Å². The van der Waals surface area contributed by atoms with Crippen molar-refractivity contribution in [3.8, 4) is 28.7 Å². The van der Waals surface area contributed by atoms with Gasteiger partial charge in [-0.15, -0.1) is 0 Å². The highest BCUT2D eigenvalue weighted by Crippen LogP contribution is 2.40. The molecule has 0 aliphatic carbocycles. The first-order chi connectivity index (χ1) is 19.1. The minimum atomic E-state index is -0.688. The molecule has 0 aliphatic rings. The van der Waals surface area contributed by atoms with Crippen LogP contribution in [-0.2, 0) is 5.41 Å². The Morgan fingerprint density at radius 1 is 0.550 bits per heavy atom. The second kappa shape index (κ2) is 11.7. The van der Waals surface area contributed by atoms with Gasteiger partial charge >= 0.3 is 0 Å². The summed E-state index contributed by atoms with van der Waals surface area (Å²) in [6.07, 6.45) is 0. The zero-order chi connectivity index (χ0) is 28.9. The summed E-state index contributed by atoms with van der Waals surface area (Å²) in [5.74, 6) is -1.67. The Morgan fingerprint density at radius 3 is 1.48 bits per heavy atom. The number of benzene rings is 5. The Labute approximate surface area is 232 Å². The number of aromatic hydroxyl groups is 5. The Morgan fingerprint density at radius 2 is 1.00 bits per heavy atom. The van der Waals surface area contributed by atoms with E-state index < -0.39 is 23.0 Å². The van der Waals surface area contributed by atoms with Gasteiger partial charge in [-0.3, -0.25) is 4.79 Å². The van der Waals surface area contributed by atoms with Crippen LogP contribution in [0.1, 0.15) is 45.1 Å². The Hall–Kier alpha value is -5.23. The molecule has 0 aliphatic heterocycles. The van der Waals surface area contributed by atoms with Gasteiger partial charge in [0, 0.05) is 11.0 Å². The zero-order valence-corrected chi connectivity index (χ0v) is 22.1. The quantitative estimate of drug-likeness (QED) is 0.0962. The molecule has 5 aromatic carbocycles. The maximum absolute atomic E-state index is 12.0. The van der Waals surface area contributed by atoms with Gasteiger partial charge < -0.3 is 25.5 Å². The van der Waals surface area contributed by atoms with Gasteiger partial charge in [-0.25, -0.2) is 0 Å². The van der Waals surface area contributed by atoms with Crippen molar-refractivity contribution >= 4 is 5.78 Å². The summed E-state index contributed by atoms with van der Waals surface area (Å²) in [7, 11) is 0. The fourth-order valence-corrected chi connectivity index (χ4v) is 4.47. The molecule has 6 nitrogen and oxygen atoms in total. The molecule has 0 aromatic heterocycles. The summed E-state index contributed by atoms with van der Waals surface area (Å²) in [6, 6.07) is 33.9. The summed E-state index contributed by atoms with van der Waals surface area (Å²) in [6.45, 7) is 4.23. The van der Waals surface area contributed by atoms with E-state index in [4.69, 9.17) is 5.11 Å². The lowest BCUT2D eigenvalue weighted by molar-refractivity contribution is 0.103. The molecule has 0 spiro atoms. The van der Waals surface area contributed by atoms with E-state index in [9.17, 15) is 25.2 Å². The first-order valence-electron chi connectivity index (χ1n) is 12.6.